The highest BCUT2D eigenvalue weighted by Crippen LogP contribution is 2.31. The van der Waals surface area contributed by atoms with E-state index >= 15 is 0 Å². The molecule has 0 unspecified atom stereocenters. The molecule has 1 aromatic heterocycles. The van der Waals surface area contributed by atoms with Gasteiger partial charge in [-0.1, -0.05) is 33.6 Å². The second-order valence-electron chi connectivity index (χ2n) is 5.05. The molecule has 106 valence electrons. The second kappa shape index (κ2) is 5.37. The zero-order valence-corrected chi connectivity index (χ0v) is 13.4. The van der Waals surface area contributed by atoms with Crippen molar-refractivity contribution in [2.45, 2.75) is 6.92 Å². The van der Waals surface area contributed by atoms with Gasteiger partial charge in [0.1, 0.15) is 0 Å². The van der Waals surface area contributed by atoms with Gasteiger partial charge in [0, 0.05) is 23.1 Å². The van der Waals surface area contributed by atoms with E-state index in [0.717, 1.165) is 26.6 Å². The predicted molar refractivity (Wildman–Crippen MR) is 90.7 cm³/mol. The quantitative estimate of drug-likeness (QED) is 0.673. The Labute approximate surface area is 131 Å². The van der Waals surface area contributed by atoms with Crippen molar-refractivity contribution in [3.63, 3.8) is 0 Å². The first-order chi connectivity index (χ1) is 10.1. The molecule has 1 heterocycles. The summed E-state index contributed by atoms with van der Waals surface area (Å²) in [7, 11) is 1.84. The van der Waals surface area contributed by atoms with Crippen LogP contribution in [0, 0.1) is 6.92 Å². The third kappa shape index (κ3) is 2.59. The van der Waals surface area contributed by atoms with E-state index in [1.54, 1.807) is 10.8 Å². The van der Waals surface area contributed by atoms with E-state index in [0.29, 0.717) is 0 Å². The lowest BCUT2D eigenvalue weighted by molar-refractivity contribution is 0.434. The third-order valence-electron chi connectivity index (χ3n) is 3.55. The van der Waals surface area contributed by atoms with Gasteiger partial charge in [0.15, 0.2) is 0 Å². The van der Waals surface area contributed by atoms with Crippen LogP contribution in [-0.2, 0) is 7.05 Å². The number of halogens is 1. The summed E-state index contributed by atoms with van der Waals surface area (Å²) in [6, 6.07) is 13.9. The van der Waals surface area contributed by atoms with Crippen LogP contribution in [-0.4, -0.2) is 15.9 Å². The minimum Gasteiger partial charge on any atom is -0.494 e. The SMILES string of the molecule is Cc1ccc(N=Cc2c(O)n(C)c3ccc(Br)cc23)cc1. The van der Waals surface area contributed by atoms with E-state index in [1.807, 2.05) is 56.4 Å². The van der Waals surface area contributed by atoms with E-state index in [-0.39, 0.29) is 5.88 Å². The fourth-order valence-electron chi connectivity index (χ4n) is 2.33. The van der Waals surface area contributed by atoms with Crippen LogP contribution in [0.2, 0.25) is 0 Å². The van der Waals surface area contributed by atoms with Crippen molar-refractivity contribution in [3.8, 4) is 5.88 Å². The van der Waals surface area contributed by atoms with Crippen molar-refractivity contribution < 1.29 is 5.11 Å². The summed E-state index contributed by atoms with van der Waals surface area (Å²) in [4.78, 5) is 4.46. The van der Waals surface area contributed by atoms with E-state index < -0.39 is 0 Å². The van der Waals surface area contributed by atoms with Gasteiger partial charge in [-0.25, -0.2) is 0 Å². The van der Waals surface area contributed by atoms with Gasteiger partial charge in [-0.15, -0.1) is 0 Å². The van der Waals surface area contributed by atoms with Crippen LogP contribution >= 0.6 is 15.9 Å². The highest BCUT2D eigenvalue weighted by atomic mass is 79.9. The third-order valence-corrected chi connectivity index (χ3v) is 4.04. The zero-order valence-electron chi connectivity index (χ0n) is 11.8. The molecule has 3 rings (SSSR count). The summed E-state index contributed by atoms with van der Waals surface area (Å²) in [5.74, 6) is 0.221. The number of rotatable bonds is 2. The van der Waals surface area contributed by atoms with Gasteiger partial charge in [-0.05, 0) is 37.3 Å². The molecule has 0 aliphatic carbocycles. The Morgan fingerprint density at radius 1 is 1.14 bits per heavy atom. The highest BCUT2D eigenvalue weighted by molar-refractivity contribution is 9.10. The fraction of sp³-hybridized carbons (Fsp3) is 0.118. The van der Waals surface area contributed by atoms with Gasteiger partial charge in [-0.2, -0.15) is 0 Å². The van der Waals surface area contributed by atoms with Crippen molar-refractivity contribution in [3.05, 3.63) is 58.1 Å². The number of hydrogen-bond donors (Lipinski definition) is 1. The minimum atomic E-state index is 0.221. The number of aliphatic imine (C=N–C) groups is 1. The molecule has 0 bridgehead atoms. The smallest absolute Gasteiger partial charge is 0.200 e. The molecule has 0 aliphatic heterocycles. The summed E-state index contributed by atoms with van der Waals surface area (Å²) < 4.78 is 2.74. The molecule has 0 amide bonds. The van der Waals surface area contributed by atoms with E-state index in [4.69, 9.17) is 0 Å². The number of aryl methyl sites for hydroxylation is 2. The number of aromatic nitrogens is 1. The average Bonchev–Trinajstić information content (AvgIpc) is 2.70. The van der Waals surface area contributed by atoms with Crippen LogP contribution in [0.4, 0.5) is 5.69 Å². The molecule has 0 fully saturated rings. The fourth-order valence-corrected chi connectivity index (χ4v) is 2.69. The van der Waals surface area contributed by atoms with Gasteiger partial charge in [0.2, 0.25) is 5.88 Å². The van der Waals surface area contributed by atoms with Gasteiger partial charge in [0.25, 0.3) is 0 Å². The summed E-state index contributed by atoms with van der Waals surface area (Å²) in [5.41, 5.74) is 3.77. The summed E-state index contributed by atoms with van der Waals surface area (Å²) in [5, 5.41) is 11.3. The number of fused-ring (bicyclic) bond motifs is 1. The monoisotopic (exact) mass is 342 g/mol. The topological polar surface area (TPSA) is 37.5 Å². The lowest BCUT2D eigenvalue weighted by Crippen LogP contribution is -1.86. The number of aromatic hydroxyl groups is 1. The maximum Gasteiger partial charge on any atom is 0.200 e. The molecule has 0 radical (unpaired) electrons. The standard InChI is InChI=1S/C17H15BrN2O/c1-11-3-6-13(7-4-11)19-10-15-14-9-12(18)5-8-16(14)20(2)17(15)21/h3-10,21H,1-2H3. The number of hydrogen-bond acceptors (Lipinski definition) is 2. The summed E-state index contributed by atoms with van der Waals surface area (Å²) >= 11 is 3.47. The van der Waals surface area contributed by atoms with Crippen molar-refractivity contribution in [1.29, 1.82) is 0 Å². The van der Waals surface area contributed by atoms with Crippen LogP contribution in [0.1, 0.15) is 11.1 Å². The molecule has 1 N–H and O–H groups in total. The minimum absolute atomic E-state index is 0.221. The first-order valence-electron chi connectivity index (χ1n) is 6.64. The van der Waals surface area contributed by atoms with Crippen LogP contribution in [0.15, 0.2) is 51.9 Å². The van der Waals surface area contributed by atoms with Crippen LogP contribution in [0.25, 0.3) is 10.9 Å². The van der Waals surface area contributed by atoms with Crippen molar-refractivity contribution in [1.82, 2.24) is 4.57 Å². The van der Waals surface area contributed by atoms with Gasteiger partial charge in [0.05, 0.1) is 16.8 Å². The first-order valence-corrected chi connectivity index (χ1v) is 7.43. The molecular weight excluding hydrogens is 328 g/mol. The maximum absolute atomic E-state index is 10.3. The Balaban J connectivity index is 2.09. The lowest BCUT2D eigenvalue weighted by Gasteiger charge is -1.96. The van der Waals surface area contributed by atoms with E-state index in [2.05, 4.69) is 20.9 Å². The molecule has 0 saturated carbocycles. The van der Waals surface area contributed by atoms with Crippen molar-refractivity contribution in [2.75, 3.05) is 0 Å². The number of benzene rings is 2. The van der Waals surface area contributed by atoms with Gasteiger partial charge < -0.3 is 9.67 Å². The molecule has 0 atom stereocenters. The lowest BCUT2D eigenvalue weighted by atomic mass is 10.2. The largest absolute Gasteiger partial charge is 0.494 e. The molecule has 21 heavy (non-hydrogen) atoms. The van der Waals surface area contributed by atoms with Crippen molar-refractivity contribution in [2.24, 2.45) is 12.0 Å². The molecular formula is C17H15BrN2O. The normalized spacial score (nSPS) is 11.6. The Bertz CT molecular complexity index is 832. The molecule has 0 spiro atoms. The van der Waals surface area contributed by atoms with Crippen LogP contribution in [0.3, 0.4) is 0 Å². The van der Waals surface area contributed by atoms with E-state index in [9.17, 15) is 5.11 Å². The molecule has 3 nitrogen and oxygen atoms in total. The molecule has 2 aromatic carbocycles. The molecule has 3 aromatic rings. The summed E-state index contributed by atoms with van der Waals surface area (Å²) in [6.07, 6.45) is 1.72. The Hall–Kier alpha value is -2.07. The first kappa shape index (κ1) is 13.9. The number of nitrogens with zero attached hydrogens (tertiary/aromatic N) is 2. The van der Waals surface area contributed by atoms with E-state index in [1.165, 1.54) is 5.56 Å². The van der Waals surface area contributed by atoms with Gasteiger partial charge in [-0.3, -0.25) is 4.99 Å². The van der Waals surface area contributed by atoms with Gasteiger partial charge >= 0.3 is 0 Å². The van der Waals surface area contributed by atoms with Crippen molar-refractivity contribution >= 4 is 38.7 Å². The Morgan fingerprint density at radius 2 is 1.86 bits per heavy atom. The highest BCUT2D eigenvalue weighted by Gasteiger charge is 2.12. The van der Waals surface area contributed by atoms with Crippen LogP contribution in [0.5, 0.6) is 5.88 Å². The molecule has 0 aliphatic rings. The average molecular weight is 343 g/mol. The zero-order chi connectivity index (χ0) is 15.0. The van der Waals surface area contributed by atoms with Crippen LogP contribution < -0.4 is 0 Å². The predicted octanol–water partition coefficient (Wildman–Crippen LogP) is 4.71. The maximum atomic E-state index is 10.3. The molecule has 0 saturated heterocycles. The Kier molecular flexibility index (Phi) is 3.55. The summed E-state index contributed by atoms with van der Waals surface area (Å²) in [6.45, 7) is 2.04. The second-order valence-corrected chi connectivity index (χ2v) is 5.97. The Morgan fingerprint density at radius 3 is 2.57 bits per heavy atom. The molecule has 4 heteroatoms.